The molecule has 1 heterocycles. The molecule has 2 rings (SSSR count). The van der Waals surface area contributed by atoms with Gasteiger partial charge >= 0.3 is 12.0 Å². The van der Waals surface area contributed by atoms with Crippen molar-refractivity contribution in [2.24, 2.45) is 17.3 Å². The van der Waals surface area contributed by atoms with E-state index in [1.165, 1.54) is 0 Å². The largest absolute Gasteiger partial charge is 0.454 e. The maximum absolute atomic E-state index is 12.9. The van der Waals surface area contributed by atoms with E-state index in [0.29, 0.717) is 19.4 Å². The molecule has 8 heteroatoms. The molecule has 0 aromatic heterocycles. The molecule has 2 unspecified atom stereocenters. The van der Waals surface area contributed by atoms with Crippen LogP contribution in [0.3, 0.4) is 0 Å². The number of nitrogens with zero attached hydrogens (tertiary/aromatic N) is 1. The number of hydrogen-bond donors (Lipinski definition) is 2. The van der Waals surface area contributed by atoms with Gasteiger partial charge in [0.15, 0.2) is 6.61 Å². The number of carbonyl (C=O) groups is 4. The third kappa shape index (κ3) is 5.20. The normalized spacial score (nSPS) is 27.0. The van der Waals surface area contributed by atoms with Gasteiger partial charge in [-0.05, 0) is 36.5 Å². The van der Waals surface area contributed by atoms with Crippen molar-refractivity contribution in [3.63, 3.8) is 0 Å². The van der Waals surface area contributed by atoms with Crippen molar-refractivity contribution in [3.05, 3.63) is 0 Å². The summed E-state index contributed by atoms with van der Waals surface area (Å²) in [5.74, 6) is -0.997. The second kappa shape index (κ2) is 7.86. The molecule has 2 atom stereocenters. The van der Waals surface area contributed by atoms with Crippen LogP contribution in [0.4, 0.5) is 4.79 Å². The molecule has 1 saturated carbocycles. The van der Waals surface area contributed by atoms with Crippen LogP contribution in [0.25, 0.3) is 0 Å². The third-order valence-electron chi connectivity index (χ3n) is 4.98. The highest BCUT2D eigenvalue weighted by molar-refractivity contribution is 6.08. The standard InChI is InChI=1S/C19H31N3O5/c1-12(2)8-20-14(23)10-27-15(24)9-22-16(25)19(21-17(22)26)7-13(3)6-18(4,5)11-19/h12-13H,6-11H2,1-5H3,(H,20,23)(H,21,26). The summed E-state index contributed by atoms with van der Waals surface area (Å²) in [7, 11) is 0. The Morgan fingerprint density at radius 2 is 1.96 bits per heavy atom. The number of imide groups is 1. The number of urea groups is 1. The van der Waals surface area contributed by atoms with E-state index >= 15 is 0 Å². The molecule has 0 aromatic carbocycles. The average Bonchev–Trinajstić information content (AvgIpc) is 2.72. The number of carbonyl (C=O) groups excluding carboxylic acids is 4. The molecule has 0 aromatic rings. The minimum absolute atomic E-state index is 0.0777. The van der Waals surface area contributed by atoms with Crippen LogP contribution < -0.4 is 10.6 Å². The summed E-state index contributed by atoms with van der Waals surface area (Å²) in [5, 5.41) is 5.44. The molecule has 1 spiro atoms. The number of nitrogens with one attached hydrogen (secondary N) is 2. The maximum Gasteiger partial charge on any atom is 0.326 e. The maximum atomic E-state index is 12.9. The van der Waals surface area contributed by atoms with Crippen LogP contribution in [0.5, 0.6) is 0 Å². The van der Waals surface area contributed by atoms with Gasteiger partial charge in [0.2, 0.25) is 0 Å². The SMILES string of the molecule is CC(C)CNC(=O)COC(=O)CN1C(=O)NC2(CC(C)CC(C)(C)C2)C1=O. The number of esters is 1. The first kappa shape index (κ1) is 21.2. The lowest BCUT2D eigenvalue weighted by Gasteiger charge is -2.43. The minimum Gasteiger partial charge on any atom is -0.454 e. The Balaban J connectivity index is 1.93. The number of hydrogen-bond acceptors (Lipinski definition) is 5. The smallest absolute Gasteiger partial charge is 0.326 e. The van der Waals surface area contributed by atoms with Gasteiger partial charge in [0.25, 0.3) is 11.8 Å². The molecule has 1 aliphatic carbocycles. The fourth-order valence-corrected chi connectivity index (χ4v) is 4.34. The summed E-state index contributed by atoms with van der Waals surface area (Å²) in [6, 6.07) is -0.578. The summed E-state index contributed by atoms with van der Waals surface area (Å²) in [5.41, 5.74) is -1.03. The summed E-state index contributed by atoms with van der Waals surface area (Å²) in [6.45, 7) is 9.70. The highest BCUT2D eigenvalue weighted by atomic mass is 16.5. The van der Waals surface area contributed by atoms with E-state index in [-0.39, 0.29) is 23.2 Å². The van der Waals surface area contributed by atoms with E-state index in [0.717, 1.165) is 11.3 Å². The Kier molecular flexibility index (Phi) is 6.17. The Hall–Kier alpha value is -2.12. The number of ether oxygens (including phenoxy) is 1. The molecule has 152 valence electrons. The Labute approximate surface area is 160 Å². The molecular weight excluding hydrogens is 350 g/mol. The minimum atomic E-state index is -0.951. The van der Waals surface area contributed by atoms with Gasteiger partial charge in [-0.3, -0.25) is 19.3 Å². The molecule has 2 fully saturated rings. The molecule has 2 N–H and O–H groups in total. The van der Waals surface area contributed by atoms with Gasteiger partial charge in [-0.1, -0.05) is 34.6 Å². The molecular formula is C19H31N3O5. The predicted molar refractivity (Wildman–Crippen MR) is 98.6 cm³/mol. The van der Waals surface area contributed by atoms with Crippen molar-refractivity contribution in [1.82, 2.24) is 15.5 Å². The molecule has 0 bridgehead atoms. The van der Waals surface area contributed by atoms with E-state index in [2.05, 4.69) is 31.4 Å². The predicted octanol–water partition coefficient (Wildman–Crippen LogP) is 1.44. The van der Waals surface area contributed by atoms with Crippen molar-refractivity contribution in [3.8, 4) is 0 Å². The Bertz CT molecular complexity index is 631. The zero-order chi connectivity index (χ0) is 20.4. The summed E-state index contributed by atoms with van der Waals surface area (Å²) in [6.07, 6.45) is 2.08. The van der Waals surface area contributed by atoms with Gasteiger partial charge in [-0.25, -0.2) is 4.79 Å². The van der Waals surface area contributed by atoms with Gasteiger partial charge in [-0.2, -0.15) is 0 Å². The van der Waals surface area contributed by atoms with E-state index in [1.54, 1.807) is 0 Å². The molecule has 27 heavy (non-hydrogen) atoms. The van der Waals surface area contributed by atoms with Crippen molar-refractivity contribution in [2.75, 3.05) is 19.7 Å². The van der Waals surface area contributed by atoms with Crippen LogP contribution in [-0.4, -0.2) is 54.0 Å². The first-order valence-corrected chi connectivity index (χ1v) is 9.50. The molecule has 1 saturated heterocycles. The Morgan fingerprint density at radius 3 is 2.56 bits per heavy atom. The number of rotatable bonds is 6. The topological polar surface area (TPSA) is 105 Å². The van der Waals surface area contributed by atoms with Crippen LogP contribution in [0.15, 0.2) is 0 Å². The van der Waals surface area contributed by atoms with Gasteiger partial charge in [0.1, 0.15) is 12.1 Å². The zero-order valence-electron chi connectivity index (χ0n) is 16.9. The van der Waals surface area contributed by atoms with E-state index in [9.17, 15) is 19.2 Å². The van der Waals surface area contributed by atoms with Gasteiger partial charge in [0, 0.05) is 6.54 Å². The lowest BCUT2D eigenvalue weighted by atomic mass is 9.64. The van der Waals surface area contributed by atoms with Crippen LogP contribution in [0.1, 0.15) is 53.9 Å². The highest BCUT2D eigenvalue weighted by Gasteiger charge is 2.56. The van der Waals surface area contributed by atoms with Gasteiger partial charge in [-0.15, -0.1) is 0 Å². The summed E-state index contributed by atoms with van der Waals surface area (Å²) in [4.78, 5) is 49.8. The molecule has 2 aliphatic rings. The van der Waals surface area contributed by atoms with E-state index in [1.807, 2.05) is 13.8 Å². The van der Waals surface area contributed by atoms with E-state index in [4.69, 9.17) is 4.74 Å². The van der Waals surface area contributed by atoms with Crippen LogP contribution in [-0.2, 0) is 19.1 Å². The summed E-state index contributed by atoms with van der Waals surface area (Å²) < 4.78 is 4.91. The van der Waals surface area contributed by atoms with Crippen molar-refractivity contribution >= 4 is 23.8 Å². The Morgan fingerprint density at radius 1 is 1.30 bits per heavy atom. The van der Waals surface area contributed by atoms with Crippen molar-refractivity contribution in [2.45, 2.75) is 59.4 Å². The monoisotopic (exact) mass is 381 g/mol. The lowest BCUT2D eigenvalue weighted by Crippen LogP contribution is -2.54. The molecule has 1 aliphatic heterocycles. The highest BCUT2D eigenvalue weighted by Crippen LogP contribution is 2.46. The fraction of sp³-hybridized carbons (Fsp3) is 0.789. The molecule has 4 amide bonds. The molecule has 8 nitrogen and oxygen atoms in total. The van der Waals surface area contributed by atoms with Crippen molar-refractivity contribution < 1.29 is 23.9 Å². The first-order chi connectivity index (χ1) is 12.4. The lowest BCUT2D eigenvalue weighted by molar-refractivity contribution is -0.151. The van der Waals surface area contributed by atoms with Crippen LogP contribution >= 0.6 is 0 Å². The van der Waals surface area contributed by atoms with Crippen LogP contribution in [0.2, 0.25) is 0 Å². The third-order valence-corrected chi connectivity index (χ3v) is 4.98. The fourth-order valence-electron chi connectivity index (χ4n) is 4.34. The second-order valence-electron chi connectivity index (χ2n) is 9.12. The van der Waals surface area contributed by atoms with Crippen molar-refractivity contribution in [1.29, 1.82) is 0 Å². The molecule has 0 radical (unpaired) electrons. The summed E-state index contributed by atoms with van der Waals surface area (Å²) >= 11 is 0. The first-order valence-electron chi connectivity index (χ1n) is 9.50. The van der Waals surface area contributed by atoms with Crippen LogP contribution in [0, 0.1) is 17.3 Å². The average molecular weight is 381 g/mol. The zero-order valence-corrected chi connectivity index (χ0v) is 16.9. The van der Waals surface area contributed by atoms with Gasteiger partial charge < -0.3 is 15.4 Å². The van der Waals surface area contributed by atoms with E-state index < -0.39 is 36.6 Å². The second-order valence-corrected chi connectivity index (χ2v) is 9.12. The number of amides is 4. The van der Waals surface area contributed by atoms with Gasteiger partial charge in [0.05, 0.1) is 0 Å². The quantitative estimate of drug-likeness (QED) is 0.535.